The average molecular weight is 396 g/mol. The van der Waals surface area contributed by atoms with Gasteiger partial charge in [0.15, 0.2) is 0 Å². The number of carbonyl (C=O) groups excluding carboxylic acids is 2. The summed E-state index contributed by atoms with van der Waals surface area (Å²) in [5, 5.41) is 10.5. The first kappa shape index (κ1) is 20.9. The van der Waals surface area contributed by atoms with Gasteiger partial charge >= 0.3 is 0 Å². The van der Waals surface area contributed by atoms with Gasteiger partial charge in [0.25, 0.3) is 11.8 Å². The molecular formula is C22H29N5O2. The van der Waals surface area contributed by atoms with E-state index in [1.165, 1.54) is 12.4 Å². The molecule has 3 heterocycles. The Bertz CT molecular complexity index is 854. The fraction of sp³-hybridized carbons (Fsp3) is 0.500. The van der Waals surface area contributed by atoms with E-state index < -0.39 is 0 Å². The standard InChI is InChI=1S/C22H29N5O2/c1-15(2)20-9-8-19(16(3)25-20)22(29)27-12-6-4-5-7-18(14-27)26-21(28)17-10-11-23-24-13-17/h8-11,13,15,18H,4-7,12,14H2,1-3H3,(H,26,28). The van der Waals surface area contributed by atoms with Gasteiger partial charge in [-0.15, -0.1) is 0 Å². The van der Waals surface area contributed by atoms with Crippen molar-refractivity contribution in [3.05, 3.63) is 53.1 Å². The zero-order chi connectivity index (χ0) is 20.8. The predicted molar refractivity (Wildman–Crippen MR) is 111 cm³/mol. The molecule has 7 heteroatoms. The number of pyridine rings is 1. The van der Waals surface area contributed by atoms with Crippen LogP contribution in [0.4, 0.5) is 0 Å². The van der Waals surface area contributed by atoms with Crippen molar-refractivity contribution in [3.8, 4) is 0 Å². The number of aryl methyl sites for hydroxylation is 1. The Morgan fingerprint density at radius 3 is 2.66 bits per heavy atom. The minimum Gasteiger partial charge on any atom is -0.347 e. The number of rotatable bonds is 4. The van der Waals surface area contributed by atoms with Crippen molar-refractivity contribution in [2.75, 3.05) is 13.1 Å². The third-order valence-corrected chi connectivity index (χ3v) is 5.32. The molecular weight excluding hydrogens is 366 g/mol. The van der Waals surface area contributed by atoms with E-state index in [9.17, 15) is 9.59 Å². The van der Waals surface area contributed by atoms with E-state index in [-0.39, 0.29) is 17.9 Å². The molecule has 7 nitrogen and oxygen atoms in total. The molecule has 0 spiro atoms. The Kier molecular flexibility index (Phi) is 6.90. The molecule has 1 aliphatic rings. The van der Waals surface area contributed by atoms with Crippen LogP contribution in [0, 0.1) is 6.92 Å². The molecule has 1 aliphatic heterocycles. The molecule has 3 rings (SSSR count). The van der Waals surface area contributed by atoms with E-state index in [2.05, 4.69) is 34.3 Å². The van der Waals surface area contributed by atoms with Crippen molar-refractivity contribution < 1.29 is 9.59 Å². The molecule has 0 bridgehead atoms. The van der Waals surface area contributed by atoms with Crippen LogP contribution in [0.3, 0.4) is 0 Å². The van der Waals surface area contributed by atoms with E-state index in [0.29, 0.717) is 30.1 Å². The quantitative estimate of drug-likeness (QED) is 0.859. The molecule has 0 aliphatic carbocycles. The SMILES string of the molecule is Cc1nc(C(C)C)ccc1C(=O)N1CCCCCC(NC(=O)c2ccnnc2)C1. The van der Waals surface area contributed by atoms with Crippen LogP contribution in [0.25, 0.3) is 0 Å². The highest BCUT2D eigenvalue weighted by Gasteiger charge is 2.25. The molecule has 1 unspecified atom stereocenters. The number of likely N-dealkylation sites (tertiary alicyclic amines) is 1. The van der Waals surface area contributed by atoms with Gasteiger partial charge in [-0.25, -0.2) is 0 Å². The molecule has 29 heavy (non-hydrogen) atoms. The van der Waals surface area contributed by atoms with E-state index in [0.717, 1.165) is 37.1 Å². The molecule has 1 atom stereocenters. The van der Waals surface area contributed by atoms with Gasteiger partial charge < -0.3 is 10.2 Å². The first-order chi connectivity index (χ1) is 14.0. The van der Waals surface area contributed by atoms with Gasteiger partial charge in [-0.2, -0.15) is 10.2 Å². The van der Waals surface area contributed by atoms with Crippen molar-refractivity contribution in [3.63, 3.8) is 0 Å². The van der Waals surface area contributed by atoms with Crippen molar-refractivity contribution in [2.24, 2.45) is 0 Å². The van der Waals surface area contributed by atoms with Crippen molar-refractivity contribution >= 4 is 11.8 Å². The second kappa shape index (κ2) is 9.58. The van der Waals surface area contributed by atoms with Gasteiger partial charge in [0, 0.05) is 24.8 Å². The van der Waals surface area contributed by atoms with E-state index in [4.69, 9.17) is 0 Å². The van der Waals surface area contributed by atoms with Crippen molar-refractivity contribution in [1.82, 2.24) is 25.4 Å². The third kappa shape index (κ3) is 5.37. The molecule has 1 N–H and O–H groups in total. The molecule has 2 aromatic heterocycles. The molecule has 154 valence electrons. The van der Waals surface area contributed by atoms with E-state index in [1.54, 1.807) is 6.07 Å². The Hall–Kier alpha value is -2.83. The van der Waals surface area contributed by atoms with Gasteiger partial charge in [0.1, 0.15) is 0 Å². The highest BCUT2D eigenvalue weighted by Crippen LogP contribution is 2.19. The first-order valence-electron chi connectivity index (χ1n) is 10.3. The Balaban J connectivity index is 1.73. The summed E-state index contributed by atoms with van der Waals surface area (Å²) in [6.07, 6.45) is 6.84. The van der Waals surface area contributed by atoms with Crippen molar-refractivity contribution in [2.45, 2.75) is 58.4 Å². The first-order valence-corrected chi connectivity index (χ1v) is 10.3. The highest BCUT2D eigenvalue weighted by atomic mass is 16.2. The van der Waals surface area contributed by atoms with Gasteiger partial charge in [0.05, 0.1) is 29.2 Å². The van der Waals surface area contributed by atoms with Crippen LogP contribution in [0.5, 0.6) is 0 Å². The lowest BCUT2D eigenvalue weighted by molar-refractivity contribution is 0.0705. The maximum Gasteiger partial charge on any atom is 0.255 e. The van der Waals surface area contributed by atoms with E-state index in [1.807, 2.05) is 24.0 Å². The molecule has 0 radical (unpaired) electrons. The maximum absolute atomic E-state index is 13.2. The number of amides is 2. The summed E-state index contributed by atoms with van der Waals surface area (Å²) in [7, 11) is 0. The van der Waals surface area contributed by atoms with Gasteiger partial charge in [-0.1, -0.05) is 26.7 Å². The molecule has 0 saturated carbocycles. The fourth-order valence-corrected chi connectivity index (χ4v) is 3.61. The normalized spacial score (nSPS) is 17.5. The van der Waals surface area contributed by atoms with Gasteiger partial charge in [-0.05, 0) is 43.9 Å². The smallest absolute Gasteiger partial charge is 0.255 e. The van der Waals surface area contributed by atoms with Crippen LogP contribution in [-0.2, 0) is 0 Å². The summed E-state index contributed by atoms with van der Waals surface area (Å²) in [5.74, 6) is 0.121. The number of hydrogen-bond donors (Lipinski definition) is 1. The van der Waals surface area contributed by atoms with Gasteiger partial charge in [-0.3, -0.25) is 14.6 Å². The minimum atomic E-state index is -0.183. The minimum absolute atomic E-state index is 0.0166. The van der Waals surface area contributed by atoms with Crippen LogP contribution >= 0.6 is 0 Å². The van der Waals surface area contributed by atoms with Crippen LogP contribution in [0.1, 0.15) is 77.6 Å². The lowest BCUT2D eigenvalue weighted by atomic mass is 10.0. The van der Waals surface area contributed by atoms with Crippen molar-refractivity contribution in [1.29, 1.82) is 0 Å². The average Bonchev–Trinajstić information content (AvgIpc) is 2.69. The third-order valence-electron chi connectivity index (χ3n) is 5.32. The van der Waals surface area contributed by atoms with Gasteiger partial charge in [0.2, 0.25) is 0 Å². The van der Waals surface area contributed by atoms with Crippen LogP contribution in [0.2, 0.25) is 0 Å². The predicted octanol–water partition coefficient (Wildman–Crippen LogP) is 3.12. The Morgan fingerprint density at radius 2 is 1.97 bits per heavy atom. The molecule has 0 aromatic carbocycles. The summed E-state index contributed by atoms with van der Waals surface area (Å²) in [6, 6.07) is 5.36. The largest absolute Gasteiger partial charge is 0.347 e. The zero-order valence-corrected chi connectivity index (χ0v) is 17.4. The lowest BCUT2D eigenvalue weighted by Gasteiger charge is -2.31. The zero-order valence-electron chi connectivity index (χ0n) is 17.4. The Morgan fingerprint density at radius 1 is 1.14 bits per heavy atom. The molecule has 1 saturated heterocycles. The monoisotopic (exact) mass is 395 g/mol. The lowest BCUT2D eigenvalue weighted by Crippen LogP contribution is -2.47. The number of hydrogen-bond acceptors (Lipinski definition) is 5. The summed E-state index contributed by atoms with van der Waals surface area (Å²) < 4.78 is 0. The van der Waals surface area contributed by atoms with Crippen LogP contribution < -0.4 is 5.32 Å². The van der Waals surface area contributed by atoms with E-state index >= 15 is 0 Å². The summed E-state index contributed by atoms with van der Waals surface area (Å²) >= 11 is 0. The number of aromatic nitrogens is 3. The summed E-state index contributed by atoms with van der Waals surface area (Å²) in [4.78, 5) is 32.2. The van der Waals surface area contributed by atoms with Crippen LogP contribution in [0.15, 0.2) is 30.6 Å². The molecule has 1 fully saturated rings. The molecule has 2 amide bonds. The number of nitrogens with zero attached hydrogens (tertiary/aromatic N) is 4. The van der Waals surface area contributed by atoms with Crippen LogP contribution in [-0.4, -0.2) is 51.0 Å². The number of carbonyl (C=O) groups is 2. The second-order valence-electron chi connectivity index (χ2n) is 7.93. The molecule has 2 aromatic rings. The Labute approximate surface area is 171 Å². The topological polar surface area (TPSA) is 88.1 Å². The maximum atomic E-state index is 13.2. The second-order valence-corrected chi connectivity index (χ2v) is 7.93. The summed E-state index contributed by atoms with van der Waals surface area (Å²) in [6.45, 7) is 7.25. The number of nitrogens with one attached hydrogen (secondary N) is 1. The summed E-state index contributed by atoms with van der Waals surface area (Å²) in [5.41, 5.74) is 2.86. The fourth-order valence-electron chi connectivity index (χ4n) is 3.61. The highest BCUT2D eigenvalue weighted by molar-refractivity contribution is 5.96.